The second-order valence-electron chi connectivity index (χ2n) is 4.44. The highest BCUT2D eigenvalue weighted by Gasteiger charge is 2.36. The number of sulfonamides is 1. The number of carboxylic acids is 1. The lowest BCUT2D eigenvalue weighted by Gasteiger charge is -2.16. The van der Waals surface area contributed by atoms with Gasteiger partial charge in [-0.15, -0.1) is 12.4 Å². The molecule has 1 N–H and O–H groups in total. The Morgan fingerprint density at radius 3 is 2.62 bits per heavy atom. The molecule has 6 nitrogen and oxygen atoms in total. The summed E-state index contributed by atoms with van der Waals surface area (Å²) in [5, 5.41) is 17.6. The molecule has 1 heterocycles. The molecule has 2 rings (SSSR count). The monoisotopic (exact) mass is 350 g/mol. The van der Waals surface area contributed by atoms with Crippen molar-refractivity contribution in [3.05, 3.63) is 28.8 Å². The zero-order valence-corrected chi connectivity index (χ0v) is 13.1. The number of carbonyl (C=O) groups is 1. The van der Waals surface area contributed by atoms with Gasteiger partial charge in [-0.2, -0.15) is 9.57 Å². The van der Waals surface area contributed by atoms with E-state index in [0.29, 0.717) is 0 Å². The summed E-state index contributed by atoms with van der Waals surface area (Å²) in [5.74, 6) is -1.70. The number of aliphatic carboxylic acids is 1. The van der Waals surface area contributed by atoms with E-state index in [1.807, 2.05) is 6.07 Å². The van der Waals surface area contributed by atoms with Crippen LogP contribution in [0.5, 0.6) is 0 Å². The highest BCUT2D eigenvalue weighted by Crippen LogP contribution is 2.29. The van der Waals surface area contributed by atoms with Crippen LogP contribution < -0.4 is 0 Å². The van der Waals surface area contributed by atoms with E-state index in [9.17, 15) is 13.2 Å². The van der Waals surface area contributed by atoms with Crippen molar-refractivity contribution in [2.24, 2.45) is 5.92 Å². The molecular formula is C12H12Cl2N2O4S. The van der Waals surface area contributed by atoms with Crippen LogP contribution >= 0.6 is 24.0 Å². The van der Waals surface area contributed by atoms with E-state index in [-0.39, 0.29) is 47.4 Å². The van der Waals surface area contributed by atoms with Crippen molar-refractivity contribution < 1.29 is 18.3 Å². The lowest BCUT2D eigenvalue weighted by atomic mass is 10.1. The summed E-state index contributed by atoms with van der Waals surface area (Å²) in [7, 11) is -3.83. The number of rotatable bonds is 3. The predicted octanol–water partition coefficient (Wildman–Crippen LogP) is 1.73. The van der Waals surface area contributed by atoms with Crippen LogP contribution in [-0.2, 0) is 14.8 Å². The first-order chi connectivity index (χ1) is 9.36. The molecule has 0 bridgehead atoms. The summed E-state index contributed by atoms with van der Waals surface area (Å²) >= 11 is 5.90. The first kappa shape index (κ1) is 17.7. The standard InChI is InChI=1S/C12H11ClN2O4S.ClH/c13-10-5-8(6-14)1-2-11(10)20(18,19)15-4-3-9(7-15)12(16)17;/h1-2,5,9H,3-4,7H2,(H,16,17);1H. The number of hydrogen-bond acceptors (Lipinski definition) is 4. The van der Waals surface area contributed by atoms with Gasteiger partial charge in [0.25, 0.3) is 0 Å². The minimum atomic E-state index is -3.83. The number of hydrogen-bond donors (Lipinski definition) is 1. The third-order valence-corrected chi connectivity index (χ3v) is 5.53. The molecule has 1 unspecified atom stereocenters. The largest absolute Gasteiger partial charge is 0.481 e. The molecule has 0 aromatic heterocycles. The molecule has 0 aliphatic carbocycles. The van der Waals surface area contributed by atoms with Crippen LogP contribution in [0.1, 0.15) is 12.0 Å². The molecule has 1 saturated heterocycles. The van der Waals surface area contributed by atoms with E-state index in [1.165, 1.54) is 18.2 Å². The molecule has 0 saturated carbocycles. The van der Waals surface area contributed by atoms with Gasteiger partial charge in [-0.05, 0) is 24.6 Å². The second kappa shape index (κ2) is 6.62. The van der Waals surface area contributed by atoms with Gasteiger partial charge < -0.3 is 5.11 Å². The summed E-state index contributed by atoms with van der Waals surface area (Å²) < 4.78 is 25.9. The smallest absolute Gasteiger partial charge is 0.307 e. The Kier molecular flexibility index (Phi) is 5.59. The van der Waals surface area contributed by atoms with Crippen molar-refractivity contribution >= 4 is 40.0 Å². The molecule has 21 heavy (non-hydrogen) atoms. The number of halogens is 2. The van der Waals surface area contributed by atoms with Gasteiger partial charge in [-0.25, -0.2) is 8.42 Å². The highest BCUT2D eigenvalue weighted by molar-refractivity contribution is 7.89. The van der Waals surface area contributed by atoms with Crippen LogP contribution in [0, 0.1) is 17.2 Å². The lowest BCUT2D eigenvalue weighted by molar-refractivity contribution is -0.141. The maximum absolute atomic E-state index is 12.4. The number of carboxylic acid groups (broad SMARTS) is 1. The maximum atomic E-state index is 12.4. The van der Waals surface area contributed by atoms with Crippen LogP contribution in [0.3, 0.4) is 0 Å². The minimum absolute atomic E-state index is 0. The number of nitrogens with zero attached hydrogens (tertiary/aromatic N) is 2. The Bertz CT molecular complexity index is 700. The van der Waals surface area contributed by atoms with Crippen molar-refractivity contribution in [1.82, 2.24) is 4.31 Å². The summed E-state index contributed by atoms with van der Waals surface area (Å²) in [6.07, 6.45) is 0.280. The Labute approximate surface area is 133 Å². The highest BCUT2D eigenvalue weighted by atomic mass is 35.5. The van der Waals surface area contributed by atoms with Gasteiger partial charge in [-0.1, -0.05) is 11.6 Å². The van der Waals surface area contributed by atoms with E-state index in [1.54, 1.807) is 0 Å². The van der Waals surface area contributed by atoms with Crippen molar-refractivity contribution in [2.75, 3.05) is 13.1 Å². The van der Waals surface area contributed by atoms with Crippen LogP contribution in [0.2, 0.25) is 5.02 Å². The quantitative estimate of drug-likeness (QED) is 0.894. The molecule has 1 aromatic carbocycles. The molecule has 9 heteroatoms. The summed E-state index contributed by atoms with van der Waals surface area (Å²) in [6.45, 7) is 0.0869. The molecule has 1 atom stereocenters. The topological polar surface area (TPSA) is 98.5 Å². The molecule has 114 valence electrons. The predicted molar refractivity (Wildman–Crippen MR) is 77.9 cm³/mol. The average Bonchev–Trinajstić information content (AvgIpc) is 2.88. The van der Waals surface area contributed by atoms with Gasteiger partial charge >= 0.3 is 5.97 Å². The maximum Gasteiger partial charge on any atom is 0.307 e. The van der Waals surface area contributed by atoms with Crippen molar-refractivity contribution in [3.63, 3.8) is 0 Å². The van der Waals surface area contributed by atoms with Crippen LogP contribution in [-0.4, -0.2) is 36.9 Å². The van der Waals surface area contributed by atoms with Crippen molar-refractivity contribution in [1.29, 1.82) is 5.26 Å². The molecule has 1 aliphatic heterocycles. The molecule has 1 aliphatic rings. The third-order valence-electron chi connectivity index (χ3n) is 3.18. The van der Waals surface area contributed by atoms with Gasteiger partial charge in [0.05, 0.1) is 22.6 Å². The third kappa shape index (κ3) is 3.47. The number of nitriles is 1. The van der Waals surface area contributed by atoms with Crippen LogP contribution in [0.15, 0.2) is 23.1 Å². The molecular weight excluding hydrogens is 339 g/mol. The van der Waals surface area contributed by atoms with Gasteiger partial charge in [0, 0.05) is 13.1 Å². The normalized spacial score (nSPS) is 18.8. The van der Waals surface area contributed by atoms with E-state index in [4.69, 9.17) is 22.0 Å². The Hall–Kier alpha value is -1.33. The van der Waals surface area contributed by atoms with E-state index in [2.05, 4.69) is 0 Å². The molecule has 0 radical (unpaired) electrons. The van der Waals surface area contributed by atoms with Gasteiger partial charge in [0.2, 0.25) is 10.0 Å². The van der Waals surface area contributed by atoms with Crippen molar-refractivity contribution in [2.45, 2.75) is 11.3 Å². The van der Waals surface area contributed by atoms with E-state index < -0.39 is 21.9 Å². The summed E-state index contributed by atoms with van der Waals surface area (Å²) in [6, 6.07) is 5.78. The fourth-order valence-corrected chi connectivity index (χ4v) is 4.09. The molecule has 0 amide bonds. The first-order valence-corrected chi connectivity index (χ1v) is 7.60. The Balaban J connectivity index is 0.00000220. The first-order valence-electron chi connectivity index (χ1n) is 5.79. The van der Waals surface area contributed by atoms with Crippen molar-refractivity contribution in [3.8, 4) is 6.07 Å². The van der Waals surface area contributed by atoms with Gasteiger partial charge in [0.1, 0.15) is 4.90 Å². The summed E-state index contributed by atoms with van der Waals surface area (Å²) in [4.78, 5) is 10.8. The zero-order chi connectivity index (χ0) is 14.9. The fourth-order valence-electron chi connectivity index (χ4n) is 2.07. The summed E-state index contributed by atoms with van der Waals surface area (Å²) in [5.41, 5.74) is 0.263. The lowest BCUT2D eigenvalue weighted by Crippen LogP contribution is -2.30. The fraction of sp³-hybridized carbons (Fsp3) is 0.333. The Morgan fingerprint density at radius 1 is 1.48 bits per heavy atom. The average molecular weight is 351 g/mol. The SMILES string of the molecule is Cl.N#Cc1ccc(S(=O)(=O)N2CCC(C(=O)O)C2)c(Cl)c1. The van der Waals surface area contributed by atoms with Crippen LogP contribution in [0.25, 0.3) is 0 Å². The van der Waals surface area contributed by atoms with Gasteiger partial charge in [0.15, 0.2) is 0 Å². The second-order valence-corrected chi connectivity index (χ2v) is 6.76. The van der Waals surface area contributed by atoms with Crippen LogP contribution in [0.4, 0.5) is 0 Å². The van der Waals surface area contributed by atoms with E-state index >= 15 is 0 Å². The molecule has 1 aromatic rings. The number of benzene rings is 1. The Morgan fingerprint density at radius 2 is 2.14 bits per heavy atom. The minimum Gasteiger partial charge on any atom is -0.481 e. The molecule has 1 fully saturated rings. The van der Waals surface area contributed by atoms with Gasteiger partial charge in [-0.3, -0.25) is 4.79 Å². The molecule has 0 spiro atoms. The van der Waals surface area contributed by atoms with E-state index in [0.717, 1.165) is 4.31 Å². The zero-order valence-electron chi connectivity index (χ0n) is 10.7.